The van der Waals surface area contributed by atoms with E-state index in [1.807, 2.05) is 0 Å². The molecule has 0 aliphatic rings. The molecule has 0 aromatic carbocycles. The summed E-state index contributed by atoms with van der Waals surface area (Å²) in [5, 5.41) is 9.99. The Labute approximate surface area is 203 Å². The van der Waals surface area contributed by atoms with Gasteiger partial charge in [-0.3, -0.25) is 0 Å². The fourth-order valence-corrected chi connectivity index (χ4v) is 15.9. The molecule has 0 bridgehead atoms. The van der Waals surface area contributed by atoms with Crippen LogP contribution >= 0.6 is 0 Å². The first kappa shape index (κ1) is 32.5. The minimum atomic E-state index is -4.24. The molecule has 0 amide bonds. The molecule has 0 heterocycles. The Morgan fingerprint density at radius 3 is 1.93 bits per heavy atom. The van der Waals surface area contributed by atoms with Crippen molar-refractivity contribution in [3.05, 3.63) is 0 Å². The molecule has 8 nitrogen and oxygen atoms in total. The molecule has 0 aromatic rings. The molecule has 13 heteroatoms. The molecule has 170 valence electrons. The Morgan fingerprint density at radius 1 is 1.03 bits per heavy atom. The second-order valence-electron chi connectivity index (χ2n) is 9.42. The molecule has 0 saturated heterocycles. The minimum Gasteiger partial charge on any atom is -0.748 e. The van der Waals surface area contributed by atoms with E-state index >= 15 is 0 Å². The average Bonchev–Trinajstić information content (AvgIpc) is 2.39. The Morgan fingerprint density at radius 2 is 1.52 bits per heavy atom. The molecule has 0 spiro atoms. The number of ether oxygens (including phenoxy) is 1. The second-order valence-corrected chi connectivity index (χ2v) is 23.8. The molecule has 0 radical (unpaired) electrons. The van der Waals surface area contributed by atoms with E-state index in [9.17, 15) is 18.1 Å². The third-order valence-corrected chi connectivity index (χ3v) is 13.8. The van der Waals surface area contributed by atoms with Gasteiger partial charge in [-0.1, -0.05) is 0 Å². The van der Waals surface area contributed by atoms with Gasteiger partial charge in [0.25, 0.3) is 0 Å². The van der Waals surface area contributed by atoms with E-state index in [0.717, 1.165) is 12.5 Å². The van der Waals surface area contributed by atoms with Gasteiger partial charge in [0, 0.05) is 19.7 Å². The van der Waals surface area contributed by atoms with Crippen molar-refractivity contribution in [3.8, 4) is 0 Å². The van der Waals surface area contributed by atoms with Gasteiger partial charge in [-0.25, -0.2) is 8.42 Å². The van der Waals surface area contributed by atoms with Crippen LogP contribution in [0.1, 0.15) is 6.42 Å². The van der Waals surface area contributed by atoms with Crippen LogP contribution in [0.3, 0.4) is 0 Å². The van der Waals surface area contributed by atoms with Crippen molar-refractivity contribution in [3.63, 3.8) is 0 Å². The van der Waals surface area contributed by atoms with E-state index in [0.29, 0.717) is 6.61 Å². The molecule has 1 atom stereocenters. The molecular formula is C16H40NNaO7SSi3. The van der Waals surface area contributed by atoms with Gasteiger partial charge in [-0.2, -0.15) is 0 Å². The van der Waals surface area contributed by atoms with Crippen molar-refractivity contribution in [1.29, 1.82) is 0 Å². The van der Waals surface area contributed by atoms with Gasteiger partial charge in [0.2, 0.25) is 0 Å². The van der Waals surface area contributed by atoms with Crippen molar-refractivity contribution >= 4 is 35.3 Å². The fourth-order valence-electron chi connectivity index (χ4n) is 2.90. The van der Waals surface area contributed by atoms with Crippen LogP contribution in [-0.4, -0.2) is 93.4 Å². The van der Waals surface area contributed by atoms with Crippen LogP contribution in [0.4, 0.5) is 0 Å². The molecule has 0 aliphatic heterocycles. The van der Waals surface area contributed by atoms with E-state index in [4.69, 9.17) is 13.0 Å². The number of aliphatic hydroxyl groups excluding tert-OH is 1. The third kappa shape index (κ3) is 21.0. The maximum absolute atomic E-state index is 10.6. The molecule has 29 heavy (non-hydrogen) atoms. The van der Waals surface area contributed by atoms with E-state index in [2.05, 4.69) is 45.8 Å². The van der Waals surface area contributed by atoms with Gasteiger partial charge >= 0.3 is 38.1 Å². The van der Waals surface area contributed by atoms with Gasteiger partial charge in [0.15, 0.2) is 16.6 Å². The van der Waals surface area contributed by atoms with E-state index in [-0.39, 0.29) is 49.3 Å². The second kappa shape index (κ2) is 13.8. The topological polar surface area (TPSA) is 108 Å². The van der Waals surface area contributed by atoms with Gasteiger partial charge < -0.3 is 27.5 Å². The van der Waals surface area contributed by atoms with Crippen LogP contribution in [-0.2, 0) is 23.1 Å². The first-order chi connectivity index (χ1) is 12.4. The summed E-state index contributed by atoms with van der Waals surface area (Å²) in [7, 11) is -8.27. The monoisotopic (exact) mass is 497 g/mol. The molecule has 1 unspecified atom stereocenters. The molecule has 0 aliphatic carbocycles. The van der Waals surface area contributed by atoms with Crippen molar-refractivity contribution in [2.24, 2.45) is 0 Å². The SMILES string of the molecule is CN(CCS(=O)(=O)[O-])CC(O)COCCC[Si](C)(O[Si](C)(C)C)O[Si](C)(C)C.[Na+]. The number of rotatable bonds is 15. The summed E-state index contributed by atoms with van der Waals surface area (Å²) in [6.07, 6.45) is 0.0636. The summed E-state index contributed by atoms with van der Waals surface area (Å²) < 4.78 is 50.4. The summed E-state index contributed by atoms with van der Waals surface area (Å²) in [4.78, 5) is 1.61. The molecule has 0 rings (SSSR count). The summed E-state index contributed by atoms with van der Waals surface area (Å²) in [5.41, 5.74) is 0. The molecule has 0 fully saturated rings. The number of hydrogen-bond acceptors (Lipinski definition) is 8. The predicted octanol–water partition coefficient (Wildman–Crippen LogP) is -0.990. The van der Waals surface area contributed by atoms with Crippen molar-refractivity contribution in [2.45, 2.75) is 64.4 Å². The van der Waals surface area contributed by atoms with Crippen molar-refractivity contribution in [1.82, 2.24) is 4.90 Å². The number of likely N-dealkylation sites (N-methyl/N-ethyl adjacent to an activating group) is 1. The number of hydrogen-bond donors (Lipinski definition) is 1. The summed E-state index contributed by atoms with van der Waals surface area (Å²) in [6.45, 7) is 16.2. The molecule has 0 aromatic heterocycles. The zero-order valence-corrected chi connectivity index (χ0v) is 25.6. The zero-order valence-electron chi connectivity index (χ0n) is 19.8. The zero-order chi connectivity index (χ0) is 22.2. The summed E-state index contributed by atoms with van der Waals surface area (Å²) in [5.74, 6) is -0.464. The van der Waals surface area contributed by atoms with Crippen LogP contribution in [0, 0.1) is 0 Å². The third-order valence-electron chi connectivity index (χ3n) is 3.52. The largest absolute Gasteiger partial charge is 1.00 e. The van der Waals surface area contributed by atoms with E-state index in [1.165, 1.54) is 0 Å². The summed E-state index contributed by atoms with van der Waals surface area (Å²) >= 11 is 0. The van der Waals surface area contributed by atoms with Gasteiger partial charge in [-0.15, -0.1) is 0 Å². The molecule has 0 saturated carbocycles. The van der Waals surface area contributed by atoms with Crippen molar-refractivity contribution in [2.75, 3.05) is 39.1 Å². The standard InChI is InChI=1S/C16H41NO7SSi3.Na/c1-17(10-12-25(19,20)21)14-16(18)15-22-11-9-13-28(8,23-26(2,3)4)24-27(5,6)7;/h16,18H,9-15H2,1-8H3,(H,19,20,21);/q;+1/p-1. The maximum Gasteiger partial charge on any atom is 1.00 e. The summed E-state index contributed by atoms with van der Waals surface area (Å²) in [6, 6.07) is 0.846. The van der Waals surface area contributed by atoms with Crippen LogP contribution in [0.2, 0.25) is 51.9 Å². The smallest absolute Gasteiger partial charge is 0.748 e. The molecular weight excluding hydrogens is 457 g/mol. The van der Waals surface area contributed by atoms with E-state index in [1.54, 1.807) is 11.9 Å². The Kier molecular flexibility index (Phi) is 15.5. The van der Waals surface area contributed by atoms with Crippen LogP contribution in [0.25, 0.3) is 0 Å². The van der Waals surface area contributed by atoms with Gasteiger partial charge in [-0.05, 0) is 65.3 Å². The van der Waals surface area contributed by atoms with Crippen LogP contribution < -0.4 is 29.6 Å². The quantitative estimate of drug-likeness (QED) is 0.175. The van der Waals surface area contributed by atoms with Crippen LogP contribution in [0.5, 0.6) is 0 Å². The number of aliphatic hydroxyl groups is 1. The first-order valence-electron chi connectivity index (χ1n) is 9.69. The average molecular weight is 498 g/mol. The molecule has 1 N–H and O–H groups in total. The fraction of sp³-hybridized carbons (Fsp3) is 1.00. The Bertz CT molecular complexity index is 540. The van der Waals surface area contributed by atoms with Gasteiger partial charge in [0.1, 0.15) is 0 Å². The normalized spacial score (nSPS) is 14.7. The van der Waals surface area contributed by atoms with Crippen molar-refractivity contribution < 1.29 is 60.6 Å². The maximum atomic E-state index is 10.6. The number of nitrogens with zero attached hydrogens (tertiary/aromatic N) is 1. The van der Waals surface area contributed by atoms with Gasteiger partial charge in [0.05, 0.1) is 28.6 Å². The predicted molar refractivity (Wildman–Crippen MR) is 119 cm³/mol. The Balaban J connectivity index is 0. The first-order valence-corrected chi connectivity index (χ1v) is 20.6. The van der Waals surface area contributed by atoms with Crippen LogP contribution in [0.15, 0.2) is 0 Å². The minimum absolute atomic E-state index is 0. The Hall–Kier alpha value is 1.36. The van der Waals surface area contributed by atoms with E-state index < -0.39 is 47.2 Å².